The third-order valence-corrected chi connectivity index (χ3v) is 5.52. The molecule has 0 fully saturated rings. The van der Waals surface area contributed by atoms with Crippen molar-refractivity contribution in [3.63, 3.8) is 0 Å². The van der Waals surface area contributed by atoms with Gasteiger partial charge in [-0.15, -0.1) is 11.3 Å². The van der Waals surface area contributed by atoms with Crippen molar-refractivity contribution in [1.29, 1.82) is 0 Å². The minimum absolute atomic E-state index is 0.0180. The normalized spacial score (nSPS) is 11.0. The molecule has 0 aliphatic carbocycles. The molecule has 2 aromatic carbocycles. The fourth-order valence-corrected chi connectivity index (χ4v) is 4.12. The third kappa shape index (κ3) is 3.22. The van der Waals surface area contributed by atoms with Crippen LogP contribution in [0.15, 0.2) is 60.8 Å². The summed E-state index contributed by atoms with van der Waals surface area (Å²) in [6.07, 6.45) is 1.68. The maximum absolute atomic E-state index is 14.0. The molecule has 3 nitrogen and oxygen atoms in total. The molecule has 0 unspecified atom stereocenters. The molecule has 0 aliphatic rings. The molecule has 27 heavy (non-hydrogen) atoms. The molecule has 0 saturated carbocycles. The van der Waals surface area contributed by atoms with Crippen LogP contribution in [0.1, 0.15) is 0 Å². The lowest BCUT2D eigenvalue weighted by molar-refractivity contribution is 0.386. The summed E-state index contributed by atoms with van der Waals surface area (Å²) in [4.78, 5) is 1.57. The van der Waals surface area contributed by atoms with Gasteiger partial charge in [-0.25, -0.2) is 13.5 Å². The molecule has 0 spiro atoms. The largest absolute Gasteiger partial charge is 0.493 e. The quantitative estimate of drug-likeness (QED) is 0.406. The number of halogens is 3. The number of benzene rings is 2. The number of aromatic nitrogens is 2. The van der Waals surface area contributed by atoms with Gasteiger partial charge in [-0.05, 0) is 36.4 Å². The predicted octanol–water partition coefficient (Wildman–Crippen LogP) is 6.21. The van der Waals surface area contributed by atoms with Gasteiger partial charge >= 0.3 is 0 Å². The van der Waals surface area contributed by atoms with Crippen molar-refractivity contribution in [3.8, 4) is 32.4 Å². The maximum atomic E-state index is 14.0. The van der Waals surface area contributed by atoms with E-state index in [-0.39, 0.29) is 5.75 Å². The standard InChI is InChI=1S/C20H13ClF2N2OS/c1-26-20-13(10-12(22)11-15(20)23)18-6-7-19(27-18)17-8-9-24-25(17)16-5-3-2-4-14(16)21/h2-11H,1H3. The summed E-state index contributed by atoms with van der Waals surface area (Å²) >= 11 is 7.68. The molecule has 0 bridgehead atoms. The van der Waals surface area contributed by atoms with E-state index in [2.05, 4.69) is 5.10 Å². The smallest absolute Gasteiger partial charge is 0.168 e. The Morgan fingerprint density at radius 2 is 1.81 bits per heavy atom. The van der Waals surface area contributed by atoms with Crippen LogP contribution in [0.2, 0.25) is 5.02 Å². The van der Waals surface area contributed by atoms with E-state index in [0.717, 1.165) is 22.3 Å². The van der Waals surface area contributed by atoms with E-state index in [0.29, 0.717) is 15.5 Å². The molecule has 0 radical (unpaired) electrons. The zero-order valence-electron chi connectivity index (χ0n) is 14.1. The lowest BCUT2D eigenvalue weighted by Gasteiger charge is -2.09. The van der Waals surface area contributed by atoms with Crippen molar-refractivity contribution >= 4 is 22.9 Å². The van der Waals surface area contributed by atoms with E-state index in [1.165, 1.54) is 24.5 Å². The van der Waals surface area contributed by atoms with Crippen LogP contribution in [0.25, 0.3) is 26.7 Å². The zero-order valence-corrected chi connectivity index (χ0v) is 15.7. The Bertz CT molecular complexity index is 1120. The van der Waals surface area contributed by atoms with Crippen LogP contribution in [0.5, 0.6) is 5.75 Å². The Balaban J connectivity index is 1.80. The summed E-state index contributed by atoms with van der Waals surface area (Å²) in [5.74, 6) is -1.37. The fourth-order valence-electron chi connectivity index (χ4n) is 2.88. The highest BCUT2D eigenvalue weighted by atomic mass is 35.5. The van der Waals surface area contributed by atoms with Crippen molar-refractivity contribution < 1.29 is 13.5 Å². The van der Waals surface area contributed by atoms with Crippen LogP contribution < -0.4 is 4.74 Å². The minimum Gasteiger partial charge on any atom is -0.493 e. The maximum Gasteiger partial charge on any atom is 0.168 e. The predicted molar refractivity (Wildman–Crippen MR) is 104 cm³/mol. The van der Waals surface area contributed by atoms with Crippen molar-refractivity contribution in [2.24, 2.45) is 0 Å². The van der Waals surface area contributed by atoms with E-state index in [1.807, 2.05) is 30.3 Å². The van der Waals surface area contributed by atoms with Crippen LogP contribution in [-0.2, 0) is 0 Å². The van der Waals surface area contributed by atoms with Gasteiger partial charge < -0.3 is 4.74 Å². The highest BCUT2D eigenvalue weighted by molar-refractivity contribution is 7.18. The minimum atomic E-state index is -0.733. The van der Waals surface area contributed by atoms with Crippen LogP contribution in [-0.4, -0.2) is 16.9 Å². The molecule has 0 aliphatic heterocycles. The number of rotatable bonds is 4. The van der Waals surface area contributed by atoms with E-state index in [9.17, 15) is 8.78 Å². The van der Waals surface area contributed by atoms with Gasteiger partial charge in [0.05, 0.1) is 34.6 Å². The number of thiophene rings is 1. The Kier molecular flexibility index (Phi) is 4.68. The highest BCUT2D eigenvalue weighted by Gasteiger charge is 2.17. The number of ether oxygens (including phenoxy) is 1. The van der Waals surface area contributed by atoms with E-state index in [4.69, 9.17) is 16.3 Å². The highest BCUT2D eigenvalue weighted by Crippen LogP contribution is 2.40. The topological polar surface area (TPSA) is 27.1 Å². The number of para-hydroxylation sites is 1. The van der Waals surface area contributed by atoms with Gasteiger partial charge in [0.1, 0.15) is 5.82 Å². The lowest BCUT2D eigenvalue weighted by atomic mass is 10.1. The van der Waals surface area contributed by atoms with Crippen LogP contribution >= 0.6 is 22.9 Å². The molecular weight excluding hydrogens is 390 g/mol. The molecule has 0 atom stereocenters. The van der Waals surface area contributed by atoms with Crippen molar-refractivity contribution in [3.05, 3.63) is 77.5 Å². The summed E-state index contributed by atoms with van der Waals surface area (Å²) < 4.78 is 34.6. The average Bonchev–Trinajstić information content (AvgIpc) is 3.30. The first kappa shape index (κ1) is 17.7. The second kappa shape index (κ2) is 7.13. The molecule has 136 valence electrons. The zero-order chi connectivity index (χ0) is 19.0. The molecule has 4 aromatic rings. The molecule has 7 heteroatoms. The molecule has 0 amide bonds. The second-order valence-corrected chi connectivity index (χ2v) is 7.20. The summed E-state index contributed by atoms with van der Waals surface area (Å²) in [6, 6.07) is 15.0. The van der Waals surface area contributed by atoms with Crippen LogP contribution in [0.4, 0.5) is 8.78 Å². The summed E-state index contributed by atoms with van der Waals surface area (Å²) in [5, 5.41) is 4.94. The Morgan fingerprint density at radius 1 is 1.04 bits per heavy atom. The van der Waals surface area contributed by atoms with Gasteiger partial charge in [0.2, 0.25) is 0 Å². The average molecular weight is 403 g/mol. The van der Waals surface area contributed by atoms with Crippen molar-refractivity contribution in [1.82, 2.24) is 9.78 Å². The van der Waals surface area contributed by atoms with Gasteiger partial charge in [-0.1, -0.05) is 23.7 Å². The van der Waals surface area contributed by atoms with Crippen molar-refractivity contribution in [2.45, 2.75) is 0 Å². The number of nitrogens with zero attached hydrogens (tertiary/aromatic N) is 2. The number of methoxy groups -OCH3 is 1. The Hall–Kier alpha value is -2.70. The summed E-state index contributed by atoms with van der Waals surface area (Å²) in [5.41, 5.74) is 1.95. The first-order chi connectivity index (χ1) is 13.1. The molecule has 0 saturated heterocycles. The summed E-state index contributed by atoms with van der Waals surface area (Å²) in [6.45, 7) is 0. The third-order valence-electron chi connectivity index (χ3n) is 4.06. The number of hydrogen-bond donors (Lipinski definition) is 0. The molecule has 0 N–H and O–H groups in total. The van der Waals surface area contributed by atoms with E-state index in [1.54, 1.807) is 23.0 Å². The van der Waals surface area contributed by atoms with Crippen LogP contribution in [0.3, 0.4) is 0 Å². The Labute approximate surface area is 163 Å². The second-order valence-electron chi connectivity index (χ2n) is 5.71. The first-order valence-corrected chi connectivity index (χ1v) is 9.20. The molecular formula is C20H13ClF2N2OS. The summed E-state index contributed by atoms with van der Waals surface area (Å²) in [7, 11) is 1.36. The van der Waals surface area contributed by atoms with Gasteiger partial charge in [-0.2, -0.15) is 5.10 Å². The fraction of sp³-hybridized carbons (Fsp3) is 0.0500. The van der Waals surface area contributed by atoms with Crippen molar-refractivity contribution in [2.75, 3.05) is 7.11 Å². The Morgan fingerprint density at radius 3 is 2.59 bits per heavy atom. The SMILES string of the molecule is COc1c(F)cc(F)cc1-c1ccc(-c2ccnn2-c2ccccc2Cl)s1. The van der Waals surface area contributed by atoms with E-state index < -0.39 is 11.6 Å². The van der Waals surface area contributed by atoms with Gasteiger partial charge in [0, 0.05) is 16.5 Å². The first-order valence-electron chi connectivity index (χ1n) is 8.01. The van der Waals surface area contributed by atoms with E-state index >= 15 is 0 Å². The van der Waals surface area contributed by atoms with Crippen LogP contribution in [0, 0.1) is 11.6 Å². The monoisotopic (exact) mass is 402 g/mol. The van der Waals surface area contributed by atoms with Gasteiger partial charge in [-0.3, -0.25) is 0 Å². The van der Waals surface area contributed by atoms with Gasteiger partial charge in [0.15, 0.2) is 11.6 Å². The van der Waals surface area contributed by atoms with Gasteiger partial charge in [0.25, 0.3) is 0 Å². The lowest BCUT2D eigenvalue weighted by Crippen LogP contribution is -1.98. The number of hydrogen-bond acceptors (Lipinski definition) is 3. The molecule has 2 aromatic heterocycles. The molecule has 4 rings (SSSR count). The molecule has 2 heterocycles.